The second kappa shape index (κ2) is 10.8. The van der Waals surface area contributed by atoms with E-state index in [2.05, 4.69) is 10.6 Å². The molecule has 0 atom stereocenters. The van der Waals surface area contributed by atoms with Gasteiger partial charge in [-0.3, -0.25) is 9.59 Å². The minimum atomic E-state index is -0.241. The molecule has 0 fully saturated rings. The van der Waals surface area contributed by atoms with Crippen molar-refractivity contribution in [1.82, 2.24) is 10.6 Å². The Hall–Kier alpha value is -2.05. The largest absolute Gasteiger partial charge is 0.355 e. The van der Waals surface area contributed by atoms with Gasteiger partial charge in [0.1, 0.15) is 5.82 Å². The molecule has 0 saturated carbocycles. The molecule has 0 unspecified atom stereocenters. The third-order valence-corrected chi connectivity index (χ3v) is 4.79. The second-order valence-corrected chi connectivity index (χ2v) is 7.05. The molecule has 2 rings (SSSR count). The standard InChI is InChI=1S/C19H20ClFN2O2S/c20-16-7-5-14(6-8-16)19(25)23-10-9-18(24)22-11-12-26-13-15-3-1-2-4-17(15)21/h1-8H,9-13H2,(H,22,24)(H,23,25). The summed E-state index contributed by atoms with van der Waals surface area (Å²) in [6.07, 6.45) is 0.206. The van der Waals surface area contributed by atoms with Crippen LogP contribution in [-0.4, -0.2) is 30.7 Å². The number of halogens is 2. The van der Waals surface area contributed by atoms with Gasteiger partial charge in [0.15, 0.2) is 0 Å². The monoisotopic (exact) mass is 394 g/mol. The highest BCUT2D eigenvalue weighted by Gasteiger charge is 2.06. The molecule has 0 aromatic heterocycles. The summed E-state index contributed by atoms with van der Waals surface area (Å²) in [5, 5.41) is 6.03. The zero-order chi connectivity index (χ0) is 18.8. The van der Waals surface area contributed by atoms with E-state index in [1.807, 2.05) is 0 Å². The molecular formula is C19H20ClFN2O2S. The first-order valence-corrected chi connectivity index (χ1v) is 9.71. The SMILES string of the molecule is O=C(CCNC(=O)c1ccc(Cl)cc1)NCCSCc1ccccc1F. The second-order valence-electron chi connectivity index (χ2n) is 5.51. The van der Waals surface area contributed by atoms with E-state index in [4.69, 9.17) is 11.6 Å². The molecule has 2 aromatic carbocycles. The lowest BCUT2D eigenvalue weighted by Crippen LogP contribution is -2.31. The van der Waals surface area contributed by atoms with E-state index in [1.54, 1.807) is 54.2 Å². The first-order valence-electron chi connectivity index (χ1n) is 8.18. The molecule has 0 aliphatic rings. The maximum atomic E-state index is 13.4. The van der Waals surface area contributed by atoms with Crippen LogP contribution in [0, 0.1) is 5.82 Å². The first kappa shape index (κ1) is 20.3. The van der Waals surface area contributed by atoms with Crippen LogP contribution in [0.5, 0.6) is 0 Å². The van der Waals surface area contributed by atoms with Gasteiger partial charge in [-0.2, -0.15) is 11.8 Å². The summed E-state index contributed by atoms with van der Waals surface area (Å²) in [7, 11) is 0. The number of carbonyl (C=O) groups is 2. The van der Waals surface area contributed by atoms with Gasteiger partial charge in [-0.25, -0.2) is 4.39 Å². The summed E-state index contributed by atoms with van der Waals surface area (Å²) in [5.74, 6) is 0.681. The van der Waals surface area contributed by atoms with E-state index in [9.17, 15) is 14.0 Å². The Balaban J connectivity index is 1.55. The molecule has 0 aliphatic heterocycles. The van der Waals surface area contributed by atoms with Gasteiger partial charge in [0, 0.05) is 41.6 Å². The van der Waals surface area contributed by atoms with Gasteiger partial charge >= 0.3 is 0 Å². The number of nitrogens with one attached hydrogen (secondary N) is 2. The summed E-state index contributed by atoms with van der Waals surface area (Å²) < 4.78 is 13.4. The molecule has 2 N–H and O–H groups in total. The van der Waals surface area contributed by atoms with Gasteiger partial charge in [0.05, 0.1) is 0 Å². The van der Waals surface area contributed by atoms with Crippen molar-refractivity contribution in [3.05, 3.63) is 70.5 Å². The van der Waals surface area contributed by atoms with Crippen LogP contribution >= 0.6 is 23.4 Å². The maximum absolute atomic E-state index is 13.4. The van der Waals surface area contributed by atoms with Crippen molar-refractivity contribution in [3.63, 3.8) is 0 Å². The molecule has 2 amide bonds. The summed E-state index contributed by atoms with van der Waals surface area (Å²) in [5.41, 5.74) is 1.16. The molecule has 0 radical (unpaired) electrons. The number of amides is 2. The summed E-state index contributed by atoms with van der Waals surface area (Å²) in [4.78, 5) is 23.6. The molecular weight excluding hydrogens is 375 g/mol. The Labute approximate surface area is 161 Å². The van der Waals surface area contributed by atoms with E-state index in [0.717, 1.165) is 0 Å². The summed E-state index contributed by atoms with van der Waals surface area (Å²) in [6.45, 7) is 0.763. The summed E-state index contributed by atoms with van der Waals surface area (Å²) >= 11 is 7.33. The van der Waals surface area contributed by atoms with Crippen LogP contribution in [-0.2, 0) is 10.5 Å². The lowest BCUT2D eigenvalue weighted by atomic mass is 10.2. The number of rotatable bonds is 9. The number of carbonyl (C=O) groups excluding carboxylic acids is 2. The van der Waals surface area contributed by atoms with Crippen molar-refractivity contribution in [2.45, 2.75) is 12.2 Å². The van der Waals surface area contributed by atoms with Gasteiger partial charge in [0.25, 0.3) is 5.91 Å². The van der Waals surface area contributed by atoms with Gasteiger partial charge in [-0.05, 0) is 35.9 Å². The van der Waals surface area contributed by atoms with E-state index in [1.165, 1.54) is 6.07 Å². The van der Waals surface area contributed by atoms with Crippen LogP contribution in [0.3, 0.4) is 0 Å². The molecule has 4 nitrogen and oxygen atoms in total. The Morgan fingerprint density at radius 3 is 2.46 bits per heavy atom. The molecule has 0 saturated heterocycles. The fourth-order valence-corrected chi connectivity index (χ4v) is 3.11. The highest BCUT2D eigenvalue weighted by Crippen LogP contribution is 2.14. The number of hydrogen-bond acceptors (Lipinski definition) is 3. The van der Waals surface area contributed by atoms with E-state index >= 15 is 0 Å². The molecule has 26 heavy (non-hydrogen) atoms. The zero-order valence-corrected chi connectivity index (χ0v) is 15.7. The zero-order valence-electron chi connectivity index (χ0n) is 14.1. The lowest BCUT2D eigenvalue weighted by molar-refractivity contribution is -0.120. The van der Waals surface area contributed by atoms with Crippen molar-refractivity contribution < 1.29 is 14.0 Å². The topological polar surface area (TPSA) is 58.2 Å². The average Bonchev–Trinajstić information content (AvgIpc) is 2.63. The van der Waals surface area contributed by atoms with Crippen LogP contribution in [0.4, 0.5) is 4.39 Å². The molecule has 7 heteroatoms. The first-order chi connectivity index (χ1) is 12.6. The Kier molecular flexibility index (Phi) is 8.44. The van der Waals surface area contributed by atoms with E-state index in [0.29, 0.717) is 34.2 Å². The number of benzene rings is 2. The minimum Gasteiger partial charge on any atom is -0.355 e. The van der Waals surface area contributed by atoms with Crippen LogP contribution in [0.15, 0.2) is 48.5 Å². The van der Waals surface area contributed by atoms with Crippen molar-refractivity contribution in [2.24, 2.45) is 0 Å². The smallest absolute Gasteiger partial charge is 0.251 e. The van der Waals surface area contributed by atoms with E-state index < -0.39 is 0 Å². The van der Waals surface area contributed by atoms with Crippen LogP contribution in [0.1, 0.15) is 22.3 Å². The van der Waals surface area contributed by atoms with Crippen molar-refractivity contribution in [3.8, 4) is 0 Å². The third kappa shape index (κ3) is 7.06. The third-order valence-electron chi connectivity index (χ3n) is 3.53. The predicted molar refractivity (Wildman–Crippen MR) is 104 cm³/mol. The Morgan fingerprint density at radius 2 is 1.73 bits per heavy atom. The molecule has 138 valence electrons. The normalized spacial score (nSPS) is 10.4. The molecule has 2 aromatic rings. The van der Waals surface area contributed by atoms with Gasteiger partial charge in [-0.1, -0.05) is 29.8 Å². The Morgan fingerprint density at radius 1 is 1.00 bits per heavy atom. The Bertz CT molecular complexity index is 741. The lowest BCUT2D eigenvalue weighted by Gasteiger charge is -2.07. The average molecular weight is 395 g/mol. The van der Waals surface area contributed by atoms with Crippen molar-refractivity contribution >= 4 is 35.2 Å². The quantitative estimate of drug-likeness (QED) is 0.638. The molecule has 0 heterocycles. The highest BCUT2D eigenvalue weighted by atomic mass is 35.5. The predicted octanol–water partition coefficient (Wildman–Crippen LogP) is 3.65. The van der Waals surface area contributed by atoms with Gasteiger partial charge < -0.3 is 10.6 Å². The molecule has 0 spiro atoms. The fourth-order valence-electron chi connectivity index (χ4n) is 2.14. The molecule has 0 aliphatic carbocycles. The minimum absolute atomic E-state index is 0.132. The van der Waals surface area contributed by atoms with Crippen LogP contribution in [0.2, 0.25) is 5.02 Å². The number of thioether (sulfide) groups is 1. The van der Waals surface area contributed by atoms with Crippen molar-refractivity contribution in [1.29, 1.82) is 0 Å². The number of hydrogen-bond donors (Lipinski definition) is 2. The van der Waals surface area contributed by atoms with Crippen molar-refractivity contribution in [2.75, 3.05) is 18.8 Å². The highest BCUT2D eigenvalue weighted by molar-refractivity contribution is 7.98. The van der Waals surface area contributed by atoms with Crippen LogP contribution < -0.4 is 10.6 Å². The molecule has 0 bridgehead atoms. The van der Waals surface area contributed by atoms with Crippen LogP contribution in [0.25, 0.3) is 0 Å². The van der Waals surface area contributed by atoms with Gasteiger partial charge in [0.2, 0.25) is 5.91 Å². The summed E-state index contributed by atoms with van der Waals surface area (Å²) in [6, 6.07) is 13.2. The van der Waals surface area contributed by atoms with Gasteiger partial charge in [-0.15, -0.1) is 0 Å². The fraction of sp³-hybridized carbons (Fsp3) is 0.263. The van der Waals surface area contributed by atoms with E-state index in [-0.39, 0.29) is 30.6 Å². The maximum Gasteiger partial charge on any atom is 0.251 e.